The second-order valence-corrected chi connectivity index (χ2v) is 1.45. The van der Waals surface area contributed by atoms with Crippen molar-refractivity contribution in [1.29, 1.82) is 0 Å². The average molecular weight is 302 g/mol. The minimum Gasteiger partial charge on any atom is -0.300 e. The summed E-state index contributed by atoms with van der Waals surface area (Å²) in [6.45, 7) is 0. The second-order valence-electron chi connectivity index (χ2n) is 1.45. The first kappa shape index (κ1) is 8.63. The Labute approximate surface area is 69.6 Å². The zero-order chi connectivity index (χ0) is 5.82. The molecule has 50 valence electrons. The molecule has 1 nitrogen and oxygen atoms in total. The SMILES string of the molecule is O=Cc1cc[c-]cc1.[Au+]. The molecule has 0 N–H and O–H groups in total. The van der Waals surface area contributed by atoms with Gasteiger partial charge in [-0.3, -0.25) is 0 Å². The smallest absolute Gasteiger partial charge is 0.300 e. The fourth-order valence-corrected chi connectivity index (χ4v) is 0.478. The van der Waals surface area contributed by atoms with Crippen LogP contribution in [0.25, 0.3) is 0 Å². The summed E-state index contributed by atoms with van der Waals surface area (Å²) in [5, 5.41) is 0. The van der Waals surface area contributed by atoms with Gasteiger partial charge in [0.05, 0.1) is 0 Å². The van der Waals surface area contributed by atoms with E-state index in [9.17, 15) is 4.79 Å². The molecule has 0 amide bonds. The maximum absolute atomic E-state index is 9.99. The normalized spacial score (nSPS) is 7.56. The van der Waals surface area contributed by atoms with Crippen LogP contribution in [-0.4, -0.2) is 6.29 Å². The molecule has 1 rings (SSSR count). The zero-order valence-corrected chi connectivity index (χ0v) is 6.76. The fourth-order valence-electron chi connectivity index (χ4n) is 0.478. The van der Waals surface area contributed by atoms with E-state index >= 15 is 0 Å². The molecule has 0 fully saturated rings. The summed E-state index contributed by atoms with van der Waals surface area (Å²) in [7, 11) is 0. The van der Waals surface area contributed by atoms with E-state index in [0.717, 1.165) is 6.29 Å². The van der Waals surface area contributed by atoms with Crippen LogP contribution < -0.4 is 0 Å². The van der Waals surface area contributed by atoms with Crippen molar-refractivity contribution in [2.75, 3.05) is 0 Å². The molecule has 0 aliphatic heterocycles. The molecule has 0 saturated heterocycles. The van der Waals surface area contributed by atoms with Crippen LogP contribution in [0.1, 0.15) is 10.4 Å². The van der Waals surface area contributed by atoms with Gasteiger partial charge in [0, 0.05) is 0 Å². The van der Waals surface area contributed by atoms with Crippen LogP contribution in [-0.2, 0) is 22.4 Å². The Kier molecular flexibility index (Phi) is 4.32. The van der Waals surface area contributed by atoms with Crippen LogP contribution in [0.3, 0.4) is 0 Å². The van der Waals surface area contributed by atoms with E-state index in [1.807, 2.05) is 0 Å². The Morgan fingerprint density at radius 3 is 2.22 bits per heavy atom. The summed E-state index contributed by atoms with van der Waals surface area (Å²) in [5.74, 6) is 0. The van der Waals surface area contributed by atoms with Crippen LogP contribution >= 0.6 is 0 Å². The van der Waals surface area contributed by atoms with Crippen LogP contribution in [0.5, 0.6) is 0 Å². The maximum atomic E-state index is 9.99. The molecule has 0 atom stereocenters. The van der Waals surface area contributed by atoms with E-state index in [4.69, 9.17) is 0 Å². The molecule has 0 aliphatic carbocycles. The number of carbonyl (C=O) groups excluding carboxylic acids is 1. The van der Waals surface area contributed by atoms with Gasteiger partial charge in [0.15, 0.2) is 0 Å². The van der Waals surface area contributed by atoms with E-state index < -0.39 is 0 Å². The van der Waals surface area contributed by atoms with Crippen molar-refractivity contribution in [2.45, 2.75) is 0 Å². The van der Waals surface area contributed by atoms with Crippen molar-refractivity contribution >= 4 is 6.29 Å². The number of carbonyl (C=O) groups is 1. The number of hydrogen-bond donors (Lipinski definition) is 0. The van der Waals surface area contributed by atoms with Gasteiger partial charge >= 0.3 is 22.4 Å². The Hall–Kier alpha value is -0.370. The van der Waals surface area contributed by atoms with Gasteiger partial charge < -0.3 is 4.79 Å². The minimum absolute atomic E-state index is 0. The van der Waals surface area contributed by atoms with Gasteiger partial charge in [-0.15, -0.1) is 0 Å². The molecule has 0 spiro atoms. The minimum atomic E-state index is 0. The Morgan fingerprint density at radius 2 is 1.89 bits per heavy atom. The molecule has 1 aromatic carbocycles. The van der Waals surface area contributed by atoms with Gasteiger partial charge in [0.25, 0.3) is 0 Å². The summed E-state index contributed by atoms with van der Waals surface area (Å²) in [5.41, 5.74) is 0.698. The van der Waals surface area contributed by atoms with E-state index in [0.29, 0.717) is 5.56 Å². The third kappa shape index (κ3) is 2.61. The fraction of sp³-hybridized carbons (Fsp3) is 0. The summed E-state index contributed by atoms with van der Waals surface area (Å²) >= 11 is 0. The number of benzene rings is 1. The number of hydrogen-bond acceptors (Lipinski definition) is 1. The second kappa shape index (κ2) is 4.50. The van der Waals surface area contributed by atoms with Gasteiger partial charge in [0.2, 0.25) is 0 Å². The Balaban J connectivity index is 0.000000640. The monoisotopic (exact) mass is 302 g/mol. The summed E-state index contributed by atoms with van der Waals surface area (Å²) in [4.78, 5) is 9.99. The molecular weight excluding hydrogens is 297 g/mol. The molecular formula is C7H5AuO. The third-order valence-corrected chi connectivity index (χ3v) is 0.880. The molecule has 0 aromatic heterocycles. The van der Waals surface area contributed by atoms with Crippen molar-refractivity contribution in [2.24, 2.45) is 0 Å². The molecule has 0 radical (unpaired) electrons. The molecule has 9 heavy (non-hydrogen) atoms. The summed E-state index contributed by atoms with van der Waals surface area (Å²) in [6.07, 6.45) is 0.813. The van der Waals surface area contributed by atoms with E-state index in [1.165, 1.54) is 0 Å². The summed E-state index contributed by atoms with van der Waals surface area (Å²) in [6, 6.07) is 9.66. The van der Waals surface area contributed by atoms with E-state index in [-0.39, 0.29) is 22.4 Å². The van der Waals surface area contributed by atoms with Crippen LogP contribution in [0.15, 0.2) is 24.3 Å². The van der Waals surface area contributed by atoms with Gasteiger partial charge in [-0.1, -0.05) is 5.56 Å². The summed E-state index contributed by atoms with van der Waals surface area (Å²) < 4.78 is 0. The molecule has 1 aromatic rings. The van der Waals surface area contributed by atoms with Crippen LogP contribution in [0.4, 0.5) is 0 Å². The van der Waals surface area contributed by atoms with Crippen molar-refractivity contribution in [3.05, 3.63) is 35.9 Å². The third-order valence-electron chi connectivity index (χ3n) is 0.880. The first-order valence-corrected chi connectivity index (χ1v) is 2.35. The van der Waals surface area contributed by atoms with Crippen molar-refractivity contribution in [3.8, 4) is 0 Å². The predicted molar refractivity (Wildman–Crippen MR) is 30.7 cm³/mol. The largest absolute Gasteiger partial charge is 1.00 e. The van der Waals surface area contributed by atoms with Crippen LogP contribution in [0.2, 0.25) is 0 Å². The van der Waals surface area contributed by atoms with Crippen molar-refractivity contribution in [3.63, 3.8) is 0 Å². The molecule has 2 heteroatoms. The number of rotatable bonds is 1. The van der Waals surface area contributed by atoms with Gasteiger partial charge in [-0.25, -0.2) is 0 Å². The van der Waals surface area contributed by atoms with Crippen molar-refractivity contribution < 1.29 is 27.2 Å². The van der Waals surface area contributed by atoms with Gasteiger partial charge in [-0.2, -0.15) is 30.3 Å². The van der Waals surface area contributed by atoms with E-state index in [2.05, 4.69) is 6.07 Å². The zero-order valence-electron chi connectivity index (χ0n) is 4.60. The first-order chi connectivity index (χ1) is 3.93. The van der Waals surface area contributed by atoms with Gasteiger partial charge in [0.1, 0.15) is 6.29 Å². The van der Waals surface area contributed by atoms with Gasteiger partial charge in [-0.05, 0) is 0 Å². The first-order valence-electron chi connectivity index (χ1n) is 2.35. The molecule has 0 bridgehead atoms. The Morgan fingerprint density at radius 1 is 1.33 bits per heavy atom. The molecule has 0 saturated carbocycles. The molecule has 0 unspecified atom stereocenters. The van der Waals surface area contributed by atoms with Crippen LogP contribution in [0, 0.1) is 6.07 Å². The van der Waals surface area contributed by atoms with Crippen molar-refractivity contribution in [1.82, 2.24) is 0 Å². The number of aldehydes is 1. The molecule has 0 heterocycles. The molecule has 0 aliphatic rings. The Bertz CT molecular complexity index is 172. The quantitative estimate of drug-likeness (QED) is 0.434. The van der Waals surface area contributed by atoms with E-state index in [1.54, 1.807) is 24.3 Å². The topological polar surface area (TPSA) is 17.1 Å². The average Bonchev–Trinajstić information content (AvgIpc) is 1.90. The maximum Gasteiger partial charge on any atom is 1.00 e. The standard InChI is InChI=1S/C7H5O.Au/c8-6-7-4-2-1-3-5-7;/h2-6H;/q-1;+1. The predicted octanol–water partition coefficient (Wildman–Crippen LogP) is 1.30.